The summed E-state index contributed by atoms with van der Waals surface area (Å²) in [5.74, 6) is -0.518. The number of halogens is 1. The normalized spacial score (nSPS) is 10.1. The topological polar surface area (TPSA) is 59.4 Å². The Hall–Kier alpha value is -1.59. The summed E-state index contributed by atoms with van der Waals surface area (Å²) < 4.78 is 5.35. The summed E-state index contributed by atoms with van der Waals surface area (Å²) in [7, 11) is 0. The van der Waals surface area contributed by atoms with E-state index in [1.54, 1.807) is 12.1 Å². The Morgan fingerprint density at radius 3 is 2.62 bits per heavy atom. The van der Waals surface area contributed by atoms with Crippen LogP contribution in [0.4, 0.5) is 0 Å². The van der Waals surface area contributed by atoms with Gasteiger partial charge in [-0.1, -0.05) is 41.1 Å². The van der Waals surface area contributed by atoms with E-state index >= 15 is 0 Å². The maximum Gasteiger partial charge on any atom is 0.349 e. The number of ether oxygens (including phenoxy) is 1. The van der Waals surface area contributed by atoms with Gasteiger partial charge in [0.2, 0.25) is 0 Å². The first-order valence-corrected chi connectivity index (χ1v) is 5.49. The van der Waals surface area contributed by atoms with Crippen molar-refractivity contribution in [1.82, 2.24) is 4.98 Å². The Labute approximate surface area is 100 Å². The number of nitrogens with zero attached hydrogens (tertiary/aromatic N) is 1. The molecule has 0 atom stereocenters. The van der Waals surface area contributed by atoms with E-state index in [1.807, 2.05) is 18.2 Å². The molecule has 1 N–H and O–H groups in total. The van der Waals surface area contributed by atoms with Gasteiger partial charge in [0.05, 0.1) is 0 Å². The standard InChI is InChI=1S/C10H6ClNO3S/c11-8-7(9(13)14)16-10(12-8)15-6-4-2-1-3-5-6/h1-5H,(H,13,14). The molecule has 1 heterocycles. The van der Waals surface area contributed by atoms with Crippen LogP contribution in [0.25, 0.3) is 0 Å². The van der Waals surface area contributed by atoms with E-state index in [9.17, 15) is 4.79 Å². The van der Waals surface area contributed by atoms with Crippen molar-refractivity contribution in [2.45, 2.75) is 0 Å². The summed E-state index contributed by atoms with van der Waals surface area (Å²) in [6.45, 7) is 0. The second kappa shape index (κ2) is 4.51. The average Bonchev–Trinajstić information content (AvgIpc) is 2.61. The summed E-state index contributed by atoms with van der Waals surface area (Å²) in [6, 6.07) is 8.96. The highest BCUT2D eigenvalue weighted by atomic mass is 35.5. The van der Waals surface area contributed by atoms with Crippen LogP contribution in [0.1, 0.15) is 9.67 Å². The third-order valence-electron chi connectivity index (χ3n) is 1.71. The molecule has 0 aliphatic rings. The lowest BCUT2D eigenvalue weighted by Crippen LogP contribution is -1.91. The van der Waals surface area contributed by atoms with Crippen LogP contribution < -0.4 is 4.74 Å². The Bertz CT molecular complexity index is 512. The quantitative estimate of drug-likeness (QED) is 0.914. The fourth-order valence-corrected chi connectivity index (χ4v) is 2.04. The Kier molecular flexibility index (Phi) is 3.07. The minimum Gasteiger partial charge on any atom is -0.477 e. The molecule has 82 valence electrons. The molecule has 1 aromatic heterocycles. The molecule has 0 unspecified atom stereocenters. The molecule has 2 rings (SSSR count). The van der Waals surface area contributed by atoms with Gasteiger partial charge < -0.3 is 9.84 Å². The summed E-state index contributed by atoms with van der Waals surface area (Å²) in [5, 5.41) is 8.94. The van der Waals surface area contributed by atoms with Gasteiger partial charge in [-0.15, -0.1) is 0 Å². The number of aromatic nitrogens is 1. The second-order valence-electron chi connectivity index (χ2n) is 2.82. The van der Waals surface area contributed by atoms with Crippen LogP contribution in [0.15, 0.2) is 30.3 Å². The molecule has 4 nitrogen and oxygen atoms in total. The van der Waals surface area contributed by atoms with Crippen molar-refractivity contribution in [3.63, 3.8) is 0 Å². The molecule has 16 heavy (non-hydrogen) atoms. The molecular formula is C10H6ClNO3S. The zero-order valence-corrected chi connectivity index (χ0v) is 9.46. The van der Waals surface area contributed by atoms with Crippen LogP contribution in [-0.4, -0.2) is 16.1 Å². The molecule has 0 aliphatic heterocycles. The number of aromatic carboxylic acids is 1. The fourth-order valence-electron chi connectivity index (χ4n) is 1.05. The molecule has 0 saturated heterocycles. The Balaban J connectivity index is 2.23. The average molecular weight is 256 g/mol. The van der Waals surface area contributed by atoms with E-state index in [1.165, 1.54) is 0 Å². The highest BCUT2D eigenvalue weighted by Crippen LogP contribution is 2.31. The molecule has 0 bridgehead atoms. The predicted octanol–water partition coefficient (Wildman–Crippen LogP) is 3.29. The molecule has 6 heteroatoms. The minimum atomic E-state index is -1.11. The van der Waals surface area contributed by atoms with E-state index in [2.05, 4.69) is 4.98 Å². The third kappa shape index (κ3) is 2.32. The number of para-hydroxylation sites is 1. The Morgan fingerprint density at radius 2 is 2.06 bits per heavy atom. The van der Waals surface area contributed by atoms with Gasteiger partial charge in [0.25, 0.3) is 5.19 Å². The SMILES string of the molecule is O=C(O)c1sc(Oc2ccccc2)nc1Cl. The van der Waals surface area contributed by atoms with Gasteiger partial charge in [-0.3, -0.25) is 0 Å². The fraction of sp³-hybridized carbons (Fsp3) is 0. The van der Waals surface area contributed by atoms with Crippen molar-refractivity contribution < 1.29 is 14.6 Å². The van der Waals surface area contributed by atoms with E-state index in [4.69, 9.17) is 21.4 Å². The van der Waals surface area contributed by atoms with Gasteiger partial charge in [-0.2, -0.15) is 4.98 Å². The molecule has 0 aliphatic carbocycles. The molecule has 0 fully saturated rings. The van der Waals surface area contributed by atoms with Crippen molar-refractivity contribution in [3.8, 4) is 10.9 Å². The molecule has 2 aromatic rings. The molecule has 1 aromatic carbocycles. The molecule has 0 spiro atoms. The molecule has 0 saturated carbocycles. The van der Waals surface area contributed by atoms with Crippen molar-refractivity contribution in [1.29, 1.82) is 0 Å². The van der Waals surface area contributed by atoms with Crippen LogP contribution in [0, 0.1) is 0 Å². The monoisotopic (exact) mass is 255 g/mol. The van der Waals surface area contributed by atoms with Gasteiger partial charge in [0.15, 0.2) is 10.0 Å². The molecule has 0 amide bonds. The summed E-state index contributed by atoms with van der Waals surface area (Å²) in [6.07, 6.45) is 0. The van der Waals surface area contributed by atoms with Crippen molar-refractivity contribution in [3.05, 3.63) is 40.4 Å². The van der Waals surface area contributed by atoms with Crippen LogP contribution in [0.2, 0.25) is 5.15 Å². The van der Waals surface area contributed by atoms with Gasteiger partial charge >= 0.3 is 5.97 Å². The second-order valence-corrected chi connectivity index (χ2v) is 4.14. The van der Waals surface area contributed by atoms with Gasteiger partial charge in [0.1, 0.15) is 5.75 Å². The maximum absolute atomic E-state index is 10.7. The van der Waals surface area contributed by atoms with Crippen LogP contribution in [0.3, 0.4) is 0 Å². The largest absolute Gasteiger partial charge is 0.477 e. The summed E-state index contributed by atoms with van der Waals surface area (Å²) in [4.78, 5) is 14.5. The van der Waals surface area contributed by atoms with Crippen molar-refractivity contribution >= 4 is 28.9 Å². The number of benzene rings is 1. The lowest BCUT2D eigenvalue weighted by atomic mass is 10.3. The third-order valence-corrected chi connectivity index (χ3v) is 3.02. The highest BCUT2D eigenvalue weighted by Gasteiger charge is 2.16. The van der Waals surface area contributed by atoms with Gasteiger partial charge in [-0.05, 0) is 12.1 Å². The molecule has 0 radical (unpaired) electrons. The number of carboxylic acids is 1. The number of thiazole rings is 1. The van der Waals surface area contributed by atoms with Gasteiger partial charge in [0, 0.05) is 0 Å². The Morgan fingerprint density at radius 1 is 1.38 bits per heavy atom. The van der Waals surface area contributed by atoms with Crippen molar-refractivity contribution in [2.24, 2.45) is 0 Å². The van der Waals surface area contributed by atoms with E-state index in [0.29, 0.717) is 5.75 Å². The lowest BCUT2D eigenvalue weighted by molar-refractivity contribution is 0.0702. The van der Waals surface area contributed by atoms with Crippen LogP contribution in [-0.2, 0) is 0 Å². The predicted molar refractivity (Wildman–Crippen MR) is 60.6 cm³/mol. The molecular weight excluding hydrogens is 250 g/mol. The minimum absolute atomic E-state index is 0.0207. The highest BCUT2D eigenvalue weighted by molar-refractivity contribution is 7.15. The van der Waals surface area contributed by atoms with E-state index < -0.39 is 5.97 Å². The first kappa shape index (κ1) is 10.9. The van der Waals surface area contributed by atoms with Gasteiger partial charge in [-0.25, -0.2) is 4.79 Å². The maximum atomic E-state index is 10.7. The lowest BCUT2D eigenvalue weighted by Gasteiger charge is -1.98. The first-order valence-electron chi connectivity index (χ1n) is 4.29. The smallest absolute Gasteiger partial charge is 0.349 e. The zero-order valence-electron chi connectivity index (χ0n) is 7.88. The number of hydrogen-bond acceptors (Lipinski definition) is 4. The number of carbonyl (C=O) groups is 1. The van der Waals surface area contributed by atoms with Crippen molar-refractivity contribution in [2.75, 3.05) is 0 Å². The first-order chi connectivity index (χ1) is 7.66. The van der Waals surface area contributed by atoms with E-state index in [-0.39, 0.29) is 15.2 Å². The zero-order chi connectivity index (χ0) is 11.5. The summed E-state index contributed by atoms with van der Waals surface area (Å²) >= 11 is 6.54. The number of carboxylic acid groups (broad SMARTS) is 1. The summed E-state index contributed by atoms with van der Waals surface area (Å²) in [5.41, 5.74) is 0. The van der Waals surface area contributed by atoms with Crippen LogP contribution in [0.5, 0.6) is 10.9 Å². The number of rotatable bonds is 3. The number of hydrogen-bond donors (Lipinski definition) is 1. The van der Waals surface area contributed by atoms with E-state index in [0.717, 1.165) is 11.3 Å². The van der Waals surface area contributed by atoms with Crippen LogP contribution >= 0.6 is 22.9 Å².